The first kappa shape index (κ1) is 11.6. The van der Waals surface area contributed by atoms with Crippen LogP contribution in [-0.2, 0) is 0 Å². The molecule has 0 aliphatic heterocycles. The number of rotatable bonds is 2. The smallest absolute Gasteiger partial charge is 0.259 e. The van der Waals surface area contributed by atoms with E-state index in [1.807, 2.05) is 0 Å². The van der Waals surface area contributed by atoms with E-state index < -0.39 is 5.82 Å². The lowest BCUT2D eigenvalue weighted by molar-refractivity contribution is 0.102. The molecule has 0 fully saturated rings. The molecule has 0 atom stereocenters. The molecule has 0 unspecified atom stereocenters. The highest BCUT2D eigenvalue weighted by atomic mass is 35.5. The Balaban J connectivity index is 2.19. The van der Waals surface area contributed by atoms with Crippen molar-refractivity contribution in [3.05, 3.63) is 46.5 Å². The summed E-state index contributed by atoms with van der Waals surface area (Å²) >= 11 is 5.61. The number of anilines is 1. The molecule has 1 aromatic heterocycles. The van der Waals surface area contributed by atoms with Crippen LogP contribution >= 0.6 is 11.6 Å². The van der Waals surface area contributed by atoms with Gasteiger partial charge in [0, 0.05) is 11.4 Å². The molecule has 0 saturated heterocycles. The fourth-order valence-corrected chi connectivity index (χ4v) is 1.53. The third-order valence-corrected chi connectivity index (χ3v) is 2.54. The van der Waals surface area contributed by atoms with Gasteiger partial charge in [0.1, 0.15) is 5.82 Å². The number of aromatic nitrogens is 2. The second-order valence-corrected chi connectivity index (χ2v) is 3.90. The van der Waals surface area contributed by atoms with Crippen molar-refractivity contribution in [1.29, 1.82) is 0 Å². The normalized spacial score (nSPS) is 10.3. The summed E-state index contributed by atoms with van der Waals surface area (Å²) in [5.41, 5.74) is 1.53. The molecule has 0 aliphatic carbocycles. The highest BCUT2D eigenvalue weighted by Gasteiger charge is 2.11. The van der Waals surface area contributed by atoms with E-state index in [0.717, 1.165) is 0 Å². The summed E-state index contributed by atoms with van der Waals surface area (Å²) < 4.78 is 12.9. The van der Waals surface area contributed by atoms with Crippen LogP contribution in [0.2, 0.25) is 5.02 Å². The predicted octanol–water partition coefficient (Wildman–Crippen LogP) is 2.76. The number of halogens is 2. The minimum Gasteiger partial charge on any atom is -0.322 e. The number of aryl methyl sites for hydroxylation is 1. The van der Waals surface area contributed by atoms with Crippen molar-refractivity contribution in [3.8, 4) is 0 Å². The van der Waals surface area contributed by atoms with Gasteiger partial charge in [-0.05, 0) is 25.1 Å². The van der Waals surface area contributed by atoms with E-state index >= 15 is 0 Å². The first-order chi connectivity index (χ1) is 8.08. The number of carbonyl (C=O) groups excluding carboxylic acids is 1. The first-order valence-corrected chi connectivity index (χ1v) is 5.22. The van der Waals surface area contributed by atoms with Crippen LogP contribution in [0.5, 0.6) is 0 Å². The molecule has 88 valence electrons. The minimum atomic E-state index is -0.524. The zero-order valence-electron chi connectivity index (χ0n) is 8.92. The maximum atomic E-state index is 12.9. The van der Waals surface area contributed by atoms with Crippen LogP contribution < -0.4 is 5.32 Å². The van der Waals surface area contributed by atoms with Crippen LogP contribution in [0.25, 0.3) is 0 Å². The summed E-state index contributed by atoms with van der Waals surface area (Å²) in [6.45, 7) is 1.74. The Hall–Kier alpha value is -1.88. The van der Waals surface area contributed by atoms with Crippen LogP contribution in [0.15, 0.2) is 24.4 Å². The Bertz CT molecular complexity index is 568. The van der Waals surface area contributed by atoms with Gasteiger partial charge in [-0.1, -0.05) is 11.6 Å². The van der Waals surface area contributed by atoms with E-state index in [4.69, 9.17) is 11.6 Å². The molecule has 2 aromatic rings. The zero-order chi connectivity index (χ0) is 12.4. The standard InChI is InChI=1S/C11H9ClFN3O/c1-6-8(5-14-16-6)11(17)15-7-2-3-10(13)9(12)4-7/h2-5H,1H3,(H,14,16)(H,15,17). The molecule has 0 radical (unpaired) electrons. The van der Waals surface area contributed by atoms with E-state index in [1.165, 1.54) is 24.4 Å². The zero-order valence-corrected chi connectivity index (χ0v) is 9.68. The maximum absolute atomic E-state index is 12.9. The van der Waals surface area contributed by atoms with Gasteiger partial charge in [-0.15, -0.1) is 0 Å². The first-order valence-electron chi connectivity index (χ1n) is 4.84. The van der Waals surface area contributed by atoms with Crippen LogP contribution in [0.4, 0.5) is 10.1 Å². The number of nitrogens with one attached hydrogen (secondary N) is 2. The van der Waals surface area contributed by atoms with Crippen molar-refractivity contribution in [2.45, 2.75) is 6.92 Å². The highest BCUT2D eigenvalue weighted by Crippen LogP contribution is 2.20. The van der Waals surface area contributed by atoms with Crippen LogP contribution in [0.1, 0.15) is 16.1 Å². The number of hydrogen-bond donors (Lipinski definition) is 2. The fourth-order valence-electron chi connectivity index (χ4n) is 1.35. The molecule has 0 saturated carbocycles. The van der Waals surface area contributed by atoms with Crippen LogP contribution in [-0.4, -0.2) is 16.1 Å². The molecule has 1 heterocycles. The third kappa shape index (κ3) is 2.45. The van der Waals surface area contributed by atoms with Gasteiger partial charge in [0.05, 0.1) is 16.8 Å². The maximum Gasteiger partial charge on any atom is 0.259 e. The second-order valence-electron chi connectivity index (χ2n) is 3.49. The molecule has 0 aliphatic rings. The predicted molar refractivity (Wildman–Crippen MR) is 62.7 cm³/mol. The molecule has 1 aromatic carbocycles. The lowest BCUT2D eigenvalue weighted by atomic mass is 10.2. The van der Waals surface area contributed by atoms with Crippen molar-refractivity contribution in [3.63, 3.8) is 0 Å². The topological polar surface area (TPSA) is 57.8 Å². The molecule has 0 spiro atoms. The number of nitrogens with zero attached hydrogens (tertiary/aromatic N) is 1. The van der Waals surface area contributed by atoms with Gasteiger partial charge >= 0.3 is 0 Å². The van der Waals surface area contributed by atoms with Crippen molar-refractivity contribution >= 4 is 23.2 Å². The number of carbonyl (C=O) groups is 1. The monoisotopic (exact) mass is 253 g/mol. The van der Waals surface area contributed by atoms with Gasteiger partial charge in [0.25, 0.3) is 5.91 Å². The molecule has 1 amide bonds. The molecule has 2 rings (SSSR count). The second kappa shape index (κ2) is 4.55. The molecule has 17 heavy (non-hydrogen) atoms. The summed E-state index contributed by atoms with van der Waals surface area (Å²) in [6.07, 6.45) is 1.43. The van der Waals surface area contributed by atoms with Crippen LogP contribution in [0, 0.1) is 12.7 Å². The SMILES string of the molecule is Cc1[nH]ncc1C(=O)Nc1ccc(F)c(Cl)c1. The summed E-state index contributed by atoms with van der Waals surface area (Å²) in [5, 5.41) is 8.97. The van der Waals surface area contributed by atoms with Crippen LogP contribution in [0.3, 0.4) is 0 Å². The summed E-state index contributed by atoms with van der Waals surface area (Å²) in [4.78, 5) is 11.8. The summed E-state index contributed by atoms with van der Waals surface area (Å²) in [7, 11) is 0. The average Bonchev–Trinajstić information content (AvgIpc) is 2.70. The van der Waals surface area contributed by atoms with Gasteiger partial charge in [0.15, 0.2) is 0 Å². The molecular formula is C11H9ClFN3O. The minimum absolute atomic E-state index is 0.0354. The van der Waals surface area contributed by atoms with Crippen molar-refractivity contribution in [2.24, 2.45) is 0 Å². The van der Waals surface area contributed by atoms with Gasteiger partial charge in [-0.25, -0.2) is 4.39 Å². The number of amides is 1. The van der Waals surface area contributed by atoms with Gasteiger partial charge in [-0.2, -0.15) is 5.10 Å². The largest absolute Gasteiger partial charge is 0.322 e. The Morgan fingerprint density at radius 3 is 2.88 bits per heavy atom. The number of aromatic amines is 1. The van der Waals surface area contributed by atoms with Gasteiger partial charge in [0.2, 0.25) is 0 Å². The van der Waals surface area contributed by atoms with Crippen molar-refractivity contribution < 1.29 is 9.18 Å². The molecule has 6 heteroatoms. The van der Waals surface area contributed by atoms with E-state index in [0.29, 0.717) is 16.9 Å². The average molecular weight is 254 g/mol. The Kier molecular flexibility index (Phi) is 3.10. The van der Waals surface area contributed by atoms with E-state index in [9.17, 15) is 9.18 Å². The van der Waals surface area contributed by atoms with E-state index in [1.54, 1.807) is 6.92 Å². The molecule has 2 N–H and O–H groups in total. The quantitative estimate of drug-likeness (QED) is 0.865. The van der Waals surface area contributed by atoms with E-state index in [2.05, 4.69) is 15.5 Å². The number of benzene rings is 1. The lowest BCUT2D eigenvalue weighted by Gasteiger charge is -2.05. The summed E-state index contributed by atoms with van der Waals surface area (Å²) in [6, 6.07) is 3.99. The van der Waals surface area contributed by atoms with Crippen molar-refractivity contribution in [1.82, 2.24) is 10.2 Å². The highest BCUT2D eigenvalue weighted by molar-refractivity contribution is 6.31. The van der Waals surface area contributed by atoms with Gasteiger partial charge in [-0.3, -0.25) is 9.89 Å². The third-order valence-electron chi connectivity index (χ3n) is 2.25. The fraction of sp³-hybridized carbons (Fsp3) is 0.0909. The molecule has 4 nitrogen and oxygen atoms in total. The van der Waals surface area contributed by atoms with Gasteiger partial charge < -0.3 is 5.32 Å². The molecular weight excluding hydrogens is 245 g/mol. The number of hydrogen-bond acceptors (Lipinski definition) is 2. The lowest BCUT2D eigenvalue weighted by Crippen LogP contribution is -2.12. The Labute approximate surface area is 102 Å². The Morgan fingerprint density at radius 2 is 2.29 bits per heavy atom. The summed E-state index contributed by atoms with van der Waals surface area (Å²) in [5.74, 6) is -0.844. The van der Waals surface area contributed by atoms with E-state index in [-0.39, 0.29) is 10.9 Å². The Morgan fingerprint density at radius 1 is 1.53 bits per heavy atom. The number of H-pyrrole nitrogens is 1. The molecule has 0 bridgehead atoms. The van der Waals surface area contributed by atoms with Crippen molar-refractivity contribution in [2.75, 3.05) is 5.32 Å².